The third kappa shape index (κ3) is 3.86. The Morgan fingerprint density at radius 3 is 2.87 bits per heavy atom. The number of hydrogen-bond donors (Lipinski definition) is 0. The molecule has 23 heavy (non-hydrogen) atoms. The first-order valence-corrected chi connectivity index (χ1v) is 8.98. The van der Waals surface area contributed by atoms with Crippen molar-refractivity contribution in [2.24, 2.45) is 0 Å². The highest BCUT2D eigenvalue weighted by molar-refractivity contribution is 8.01. The van der Waals surface area contributed by atoms with Gasteiger partial charge in [-0.1, -0.05) is 6.07 Å². The van der Waals surface area contributed by atoms with Gasteiger partial charge in [-0.25, -0.2) is 8.78 Å². The highest BCUT2D eigenvalue weighted by Crippen LogP contribution is 2.34. The second-order valence-electron chi connectivity index (χ2n) is 6.17. The normalized spacial score (nSPS) is 28.4. The van der Waals surface area contributed by atoms with Crippen LogP contribution in [0.3, 0.4) is 0 Å². The summed E-state index contributed by atoms with van der Waals surface area (Å²) < 4.78 is 32.4. The Labute approximate surface area is 139 Å². The topological polar surface area (TPSA) is 29.5 Å². The van der Waals surface area contributed by atoms with E-state index in [2.05, 4.69) is 0 Å². The Morgan fingerprint density at radius 1 is 1.35 bits per heavy atom. The quantitative estimate of drug-likeness (QED) is 0.841. The van der Waals surface area contributed by atoms with Crippen LogP contribution in [0.1, 0.15) is 31.7 Å². The van der Waals surface area contributed by atoms with Crippen molar-refractivity contribution in [3.8, 4) is 0 Å². The lowest BCUT2D eigenvalue weighted by atomic mass is 10.1. The molecule has 1 aromatic rings. The van der Waals surface area contributed by atoms with Gasteiger partial charge in [-0.3, -0.25) is 4.79 Å². The lowest BCUT2D eigenvalue weighted by Gasteiger charge is -2.33. The minimum absolute atomic E-state index is 0.0593. The Kier molecular flexibility index (Phi) is 5.21. The van der Waals surface area contributed by atoms with E-state index >= 15 is 0 Å². The molecule has 2 saturated heterocycles. The predicted octanol–water partition coefficient (Wildman–Crippen LogP) is 3.37. The van der Waals surface area contributed by atoms with Gasteiger partial charge in [-0.2, -0.15) is 0 Å². The molecule has 0 N–H and O–H groups in total. The average Bonchev–Trinajstić information content (AvgIpc) is 2.91. The van der Waals surface area contributed by atoms with Crippen molar-refractivity contribution in [2.45, 2.75) is 49.3 Å². The van der Waals surface area contributed by atoms with Gasteiger partial charge < -0.3 is 9.64 Å². The zero-order valence-corrected chi connectivity index (χ0v) is 14.0. The molecule has 126 valence electrons. The highest BCUT2D eigenvalue weighted by Gasteiger charge is 2.35. The third-order valence-corrected chi connectivity index (χ3v) is 6.24. The highest BCUT2D eigenvalue weighted by atomic mass is 32.2. The summed E-state index contributed by atoms with van der Waals surface area (Å²) in [6.45, 7) is 3.63. The summed E-state index contributed by atoms with van der Waals surface area (Å²) >= 11 is 1.70. The van der Waals surface area contributed by atoms with E-state index < -0.39 is 11.6 Å². The first kappa shape index (κ1) is 16.7. The molecule has 0 saturated carbocycles. The molecule has 6 heteroatoms. The molecule has 2 aliphatic heterocycles. The fraction of sp³-hybridized carbons (Fsp3) is 0.588. The molecule has 0 unspecified atom stereocenters. The number of carbonyl (C=O) groups is 1. The monoisotopic (exact) mass is 341 g/mol. The fourth-order valence-electron chi connectivity index (χ4n) is 3.15. The van der Waals surface area contributed by atoms with Gasteiger partial charge in [0.15, 0.2) is 0 Å². The molecule has 0 aromatic heterocycles. The molecule has 3 nitrogen and oxygen atoms in total. The number of hydrogen-bond acceptors (Lipinski definition) is 3. The second kappa shape index (κ2) is 7.18. The van der Waals surface area contributed by atoms with Crippen molar-refractivity contribution < 1.29 is 18.3 Å². The van der Waals surface area contributed by atoms with Crippen LogP contribution in [-0.4, -0.2) is 40.6 Å². The Hall–Kier alpha value is -1.14. The minimum atomic E-state index is -0.597. The number of piperidine rings is 1. The lowest BCUT2D eigenvalue weighted by molar-refractivity contribution is -0.133. The molecule has 0 bridgehead atoms. The van der Waals surface area contributed by atoms with Crippen molar-refractivity contribution >= 4 is 17.7 Å². The number of rotatable bonds is 4. The van der Waals surface area contributed by atoms with Crippen LogP contribution in [0.25, 0.3) is 0 Å². The van der Waals surface area contributed by atoms with Gasteiger partial charge >= 0.3 is 0 Å². The van der Waals surface area contributed by atoms with E-state index in [1.54, 1.807) is 16.7 Å². The number of nitrogens with zero attached hydrogens (tertiary/aromatic N) is 1. The smallest absolute Gasteiger partial charge is 0.236 e. The Bertz CT molecular complexity index is 584. The van der Waals surface area contributed by atoms with Crippen LogP contribution in [0, 0.1) is 11.6 Å². The summed E-state index contributed by atoms with van der Waals surface area (Å²) in [5, 5.41) is 0.271. The lowest BCUT2D eigenvalue weighted by Crippen LogP contribution is -2.43. The van der Waals surface area contributed by atoms with Crippen molar-refractivity contribution in [1.82, 2.24) is 4.90 Å². The number of likely N-dealkylation sites (tertiary alicyclic amines) is 1. The number of benzene rings is 1. The second-order valence-corrected chi connectivity index (χ2v) is 7.61. The molecule has 3 atom stereocenters. The Morgan fingerprint density at radius 2 is 2.17 bits per heavy atom. The zero-order valence-electron chi connectivity index (χ0n) is 13.1. The number of halogens is 2. The summed E-state index contributed by atoms with van der Waals surface area (Å²) in [4.78, 5) is 14.4. The molecule has 2 fully saturated rings. The number of ether oxygens (including phenoxy) is 1. The summed E-state index contributed by atoms with van der Waals surface area (Å²) in [6, 6.07) is 3.52. The molecule has 2 heterocycles. The molecule has 2 aliphatic rings. The maximum Gasteiger partial charge on any atom is 0.236 e. The van der Waals surface area contributed by atoms with Gasteiger partial charge in [-0.05, 0) is 32.3 Å². The minimum Gasteiger partial charge on any atom is -0.377 e. The van der Waals surface area contributed by atoms with Crippen molar-refractivity contribution in [2.75, 3.05) is 13.2 Å². The third-order valence-electron chi connectivity index (χ3n) is 4.50. The van der Waals surface area contributed by atoms with Crippen LogP contribution >= 0.6 is 11.8 Å². The van der Waals surface area contributed by atoms with Crippen LogP contribution in [-0.2, 0) is 16.1 Å². The van der Waals surface area contributed by atoms with Crippen LogP contribution < -0.4 is 0 Å². The van der Waals surface area contributed by atoms with E-state index in [1.807, 2.05) is 6.92 Å². The summed E-state index contributed by atoms with van der Waals surface area (Å²) in [5.41, 5.74) is 0.364. The van der Waals surface area contributed by atoms with Gasteiger partial charge in [0, 0.05) is 36.6 Å². The van der Waals surface area contributed by atoms with Gasteiger partial charge in [0.1, 0.15) is 11.6 Å². The summed E-state index contributed by atoms with van der Waals surface area (Å²) in [5.74, 6) is -1.13. The fourth-order valence-corrected chi connectivity index (χ4v) is 4.67. The predicted molar refractivity (Wildman–Crippen MR) is 86.2 cm³/mol. The van der Waals surface area contributed by atoms with Crippen molar-refractivity contribution in [3.05, 3.63) is 35.4 Å². The first-order chi connectivity index (χ1) is 11.0. The zero-order chi connectivity index (χ0) is 16.4. The van der Waals surface area contributed by atoms with Crippen LogP contribution in [0.4, 0.5) is 8.78 Å². The maximum absolute atomic E-state index is 13.8. The van der Waals surface area contributed by atoms with Crippen LogP contribution in [0.15, 0.2) is 18.2 Å². The SMILES string of the molecule is C[C@@H]1OCC[C@@H]1S[C@H]1CCCN(Cc2ccc(F)cc2F)C1=O. The van der Waals surface area contributed by atoms with Crippen LogP contribution in [0.2, 0.25) is 0 Å². The molecule has 0 aliphatic carbocycles. The standard InChI is InChI=1S/C17H21F2NO2S/c1-11-15(6-8-22-11)23-16-3-2-7-20(17(16)21)10-12-4-5-13(18)9-14(12)19/h4-5,9,11,15-16H,2-3,6-8,10H2,1H3/t11-,15-,16-/m0/s1. The molecule has 3 rings (SSSR count). The molecular formula is C17H21F2NO2S. The molecule has 0 spiro atoms. The first-order valence-electron chi connectivity index (χ1n) is 8.04. The molecule has 1 amide bonds. The molecular weight excluding hydrogens is 320 g/mol. The van der Waals surface area contributed by atoms with E-state index in [-0.39, 0.29) is 23.8 Å². The van der Waals surface area contributed by atoms with E-state index in [4.69, 9.17) is 4.74 Å². The van der Waals surface area contributed by atoms with E-state index in [1.165, 1.54) is 12.1 Å². The summed E-state index contributed by atoms with van der Waals surface area (Å²) in [6.07, 6.45) is 2.92. The molecule has 0 radical (unpaired) electrons. The Balaban J connectivity index is 1.64. The van der Waals surface area contributed by atoms with Crippen LogP contribution in [0.5, 0.6) is 0 Å². The van der Waals surface area contributed by atoms with Gasteiger partial charge in [0.25, 0.3) is 0 Å². The number of amides is 1. The van der Waals surface area contributed by atoms with Gasteiger partial charge in [-0.15, -0.1) is 11.8 Å². The van der Waals surface area contributed by atoms with E-state index in [0.717, 1.165) is 31.9 Å². The molecule has 1 aromatic carbocycles. The average molecular weight is 341 g/mol. The van der Waals surface area contributed by atoms with Crippen molar-refractivity contribution in [1.29, 1.82) is 0 Å². The number of thioether (sulfide) groups is 1. The van der Waals surface area contributed by atoms with E-state index in [0.29, 0.717) is 17.4 Å². The maximum atomic E-state index is 13.8. The van der Waals surface area contributed by atoms with Gasteiger partial charge in [0.05, 0.1) is 11.4 Å². The van der Waals surface area contributed by atoms with E-state index in [9.17, 15) is 13.6 Å². The van der Waals surface area contributed by atoms with Crippen molar-refractivity contribution in [3.63, 3.8) is 0 Å². The summed E-state index contributed by atoms with van der Waals surface area (Å²) in [7, 11) is 0. The van der Waals surface area contributed by atoms with Gasteiger partial charge in [0.2, 0.25) is 5.91 Å². The number of carbonyl (C=O) groups excluding carboxylic acids is 1. The largest absolute Gasteiger partial charge is 0.377 e.